The third-order valence-corrected chi connectivity index (χ3v) is 4.40. The van der Waals surface area contributed by atoms with E-state index in [1.54, 1.807) is 4.90 Å². The van der Waals surface area contributed by atoms with Gasteiger partial charge in [-0.25, -0.2) is 4.98 Å². The van der Waals surface area contributed by atoms with Gasteiger partial charge in [-0.15, -0.1) is 0 Å². The lowest BCUT2D eigenvalue weighted by molar-refractivity contribution is -0.132. The van der Waals surface area contributed by atoms with E-state index in [1.807, 2.05) is 0 Å². The standard InChI is InChI=1S/C16H21N3O2/c20-11-10-19-9-7-13(16(19)21)4-6-14-5-3-12-2-1-8-17-15(12)18-14/h3,5,11,13H,1-2,4,6-10H2,(H,17,18)/t13-/m0/s1. The number of rotatable bonds is 5. The van der Waals surface area contributed by atoms with Crippen LogP contribution in [0.15, 0.2) is 12.1 Å². The van der Waals surface area contributed by atoms with Crippen LogP contribution in [0.2, 0.25) is 0 Å². The van der Waals surface area contributed by atoms with Gasteiger partial charge in [0, 0.05) is 24.7 Å². The highest BCUT2D eigenvalue weighted by Crippen LogP contribution is 2.24. The van der Waals surface area contributed by atoms with Crippen molar-refractivity contribution in [3.05, 3.63) is 23.4 Å². The van der Waals surface area contributed by atoms with Crippen molar-refractivity contribution in [2.75, 3.05) is 25.0 Å². The zero-order valence-corrected chi connectivity index (χ0v) is 12.2. The number of aromatic nitrogens is 1. The smallest absolute Gasteiger partial charge is 0.226 e. The van der Waals surface area contributed by atoms with Gasteiger partial charge in [-0.1, -0.05) is 6.07 Å². The number of fused-ring (bicyclic) bond motifs is 1. The summed E-state index contributed by atoms with van der Waals surface area (Å²) in [7, 11) is 0. The van der Waals surface area contributed by atoms with Gasteiger partial charge < -0.3 is 15.0 Å². The molecule has 1 N–H and O–H groups in total. The second-order valence-electron chi connectivity index (χ2n) is 5.82. The maximum Gasteiger partial charge on any atom is 0.226 e. The van der Waals surface area contributed by atoms with E-state index in [1.165, 1.54) is 5.56 Å². The quantitative estimate of drug-likeness (QED) is 0.832. The molecule has 5 nitrogen and oxygen atoms in total. The molecule has 0 spiro atoms. The summed E-state index contributed by atoms with van der Waals surface area (Å²) in [5.74, 6) is 1.19. The Bertz CT molecular complexity index is 544. The number of hydrogen-bond donors (Lipinski definition) is 1. The van der Waals surface area contributed by atoms with Gasteiger partial charge in [0.1, 0.15) is 12.1 Å². The van der Waals surface area contributed by atoms with Gasteiger partial charge >= 0.3 is 0 Å². The minimum atomic E-state index is 0.0516. The highest BCUT2D eigenvalue weighted by Gasteiger charge is 2.30. The fourth-order valence-corrected chi connectivity index (χ4v) is 3.17. The van der Waals surface area contributed by atoms with Gasteiger partial charge in [0.2, 0.25) is 5.91 Å². The molecular weight excluding hydrogens is 266 g/mol. The molecule has 5 heteroatoms. The van der Waals surface area contributed by atoms with Crippen LogP contribution in [0.25, 0.3) is 0 Å². The predicted molar refractivity (Wildman–Crippen MR) is 80.1 cm³/mol. The Balaban J connectivity index is 1.58. The van der Waals surface area contributed by atoms with Crippen molar-refractivity contribution in [3.63, 3.8) is 0 Å². The summed E-state index contributed by atoms with van der Waals surface area (Å²) in [4.78, 5) is 28.9. The largest absolute Gasteiger partial charge is 0.370 e. The number of amides is 1. The molecule has 3 rings (SSSR count). The highest BCUT2D eigenvalue weighted by atomic mass is 16.2. The lowest BCUT2D eigenvalue weighted by atomic mass is 9.99. The van der Waals surface area contributed by atoms with E-state index in [0.29, 0.717) is 6.54 Å². The number of aldehydes is 1. The predicted octanol–water partition coefficient (Wildman–Crippen LogP) is 1.42. The van der Waals surface area contributed by atoms with Crippen molar-refractivity contribution >= 4 is 18.0 Å². The van der Waals surface area contributed by atoms with Crippen molar-refractivity contribution in [3.8, 4) is 0 Å². The molecule has 0 saturated carbocycles. The van der Waals surface area contributed by atoms with Gasteiger partial charge in [-0.05, 0) is 43.7 Å². The maximum absolute atomic E-state index is 12.1. The molecular formula is C16H21N3O2. The van der Waals surface area contributed by atoms with E-state index in [4.69, 9.17) is 0 Å². The van der Waals surface area contributed by atoms with Crippen molar-refractivity contribution < 1.29 is 9.59 Å². The number of pyridine rings is 1. The first kappa shape index (κ1) is 14.0. The van der Waals surface area contributed by atoms with Crippen molar-refractivity contribution in [1.29, 1.82) is 0 Å². The van der Waals surface area contributed by atoms with Crippen molar-refractivity contribution in [2.24, 2.45) is 5.92 Å². The Hall–Kier alpha value is -1.91. The zero-order chi connectivity index (χ0) is 14.7. The van der Waals surface area contributed by atoms with Gasteiger partial charge in [0.25, 0.3) is 0 Å². The van der Waals surface area contributed by atoms with Crippen LogP contribution in [-0.2, 0) is 22.4 Å². The second kappa shape index (κ2) is 6.24. The first-order chi connectivity index (χ1) is 10.3. The SMILES string of the molecule is O=CCN1CC[C@H](CCc2ccc3c(n2)NCCC3)C1=O. The summed E-state index contributed by atoms with van der Waals surface area (Å²) in [6.07, 6.45) is 5.56. The van der Waals surface area contributed by atoms with E-state index < -0.39 is 0 Å². The molecule has 112 valence electrons. The van der Waals surface area contributed by atoms with Crippen LogP contribution in [-0.4, -0.2) is 41.7 Å². The minimum Gasteiger partial charge on any atom is -0.370 e. The van der Waals surface area contributed by atoms with Crippen LogP contribution in [0.1, 0.15) is 30.5 Å². The van der Waals surface area contributed by atoms with E-state index in [9.17, 15) is 9.59 Å². The first-order valence-corrected chi connectivity index (χ1v) is 7.73. The number of anilines is 1. The number of carbonyl (C=O) groups is 2. The van der Waals surface area contributed by atoms with Crippen LogP contribution in [0.5, 0.6) is 0 Å². The summed E-state index contributed by atoms with van der Waals surface area (Å²) in [6, 6.07) is 4.23. The van der Waals surface area contributed by atoms with E-state index in [-0.39, 0.29) is 18.4 Å². The number of aryl methyl sites for hydroxylation is 2. The molecule has 1 aromatic rings. The molecule has 1 fully saturated rings. The summed E-state index contributed by atoms with van der Waals surface area (Å²) >= 11 is 0. The Morgan fingerprint density at radius 1 is 1.43 bits per heavy atom. The Labute approximate surface area is 124 Å². The van der Waals surface area contributed by atoms with E-state index in [2.05, 4.69) is 22.4 Å². The molecule has 1 aromatic heterocycles. The summed E-state index contributed by atoms with van der Waals surface area (Å²) in [6.45, 7) is 1.93. The highest BCUT2D eigenvalue weighted by molar-refractivity contribution is 5.82. The van der Waals surface area contributed by atoms with Gasteiger partial charge in [-0.2, -0.15) is 0 Å². The number of nitrogens with zero attached hydrogens (tertiary/aromatic N) is 2. The third kappa shape index (κ3) is 3.06. The molecule has 2 aliphatic heterocycles. The van der Waals surface area contributed by atoms with Crippen LogP contribution in [0.4, 0.5) is 5.82 Å². The van der Waals surface area contributed by atoms with Crippen molar-refractivity contribution in [1.82, 2.24) is 9.88 Å². The van der Waals surface area contributed by atoms with Crippen LogP contribution in [0.3, 0.4) is 0 Å². The molecule has 1 atom stereocenters. The number of nitrogens with one attached hydrogen (secondary N) is 1. The average molecular weight is 287 g/mol. The molecule has 0 bridgehead atoms. The molecule has 21 heavy (non-hydrogen) atoms. The molecule has 0 aliphatic carbocycles. The molecule has 3 heterocycles. The molecule has 0 aromatic carbocycles. The van der Waals surface area contributed by atoms with Gasteiger partial charge in [0.05, 0.1) is 6.54 Å². The van der Waals surface area contributed by atoms with Crippen LogP contribution in [0, 0.1) is 5.92 Å². The zero-order valence-electron chi connectivity index (χ0n) is 12.2. The number of carbonyl (C=O) groups excluding carboxylic acids is 2. The molecule has 0 unspecified atom stereocenters. The van der Waals surface area contributed by atoms with Crippen molar-refractivity contribution in [2.45, 2.75) is 32.1 Å². The van der Waals surface area contributed by atoms with Gasteiger partial charge in [0.15, 0.2) is 0 Å². The molecule has 2 aliphatic rings. The monoisotopic (exact) mass is 287 g/mol. The fraction of sp³-hybridized carbons (Fsp3) is 0.562. The average Bonchev–Trinajstić information content (AvgIpc) is 2.86. The molecule has 0 radical (unpaired) electrons. The van der Waals surface area contributed by atoms with Crippen LogP contribution >= 0.6 is 0 Å². The maximum atomic E-state index is 12.1. The lowest BCUT2D eigenvalue weighted by Crippen LogP contribution is -2.29. The van der Waals surface area contributed by atoms with Crippen LogP contribution < -0.4 is 5.32 Å². The number of hydrogen-bond acceptors (Lipinski definition) is 4. The molecule has 1 amide bonds. The van der Waals surface area contributed by atoms with E-state index >= 15 is 0 Å². The fourth-order valence-electron chi connectivity index (χ4n) is 3.17. The normalized spacial score (nSPS) is 21.0. The van der Waals surface area contributed by atoms with Gasteiger partial charge in [-0.3, -0.25) is 4.79 Å². The number of likely N-dealkylation sites (tertiary alicyclic amines) is 1. The first-order valence-electron chi connectivity index (χ1n) is 7.73. The minimum absolute atomic E-state index is 0.0516. The third-order valence-electron chi connectivity index (χ3n) is 4.40. The lowest BCUT2D eigenvalue weighted by Gasteiger charge is -2.18. The molecule has 1 saturated heterocycles. The Morgan fingerprint density at radius 3 is 3.19 bits per heavy atom. The second-order valence-corrected chi connectivity index (χ2v) is 5.82. The Morgan fingerprint density at radius 2 is 2.33 bits per heavy atom. The topological polar surface area (TPSA) is 62.3 Å². The summed E-state index contributed by atoms with van der Waals surface area (Å²) in [5.41, 5.74) is 2.34. The summed E-state index contributed by atoms with van der Waals surface area (Å²) in [5, 5.41) is 3.34. The summed E-state index contributed by atoms with van der Waals surface area (Å²) < 4.78 is 0. The van der Waals surface area contributed by atoms with E-state index in [0.717, 1.165) is 56.4 Å². The Kier molecular flexibility index (Phi) is 4.18.